The van der Waals surface area contributed by atoms with E-state index in [1.54, 1.807) is 24.3 Å². The molecule has 9 heteroatoms. The van der Waals surface area contributed by atoms with Gasteiger partial charge in [0.15, 0.2) is 0 Å². The van der Waals surface area contributed by atoms with Gasteiger partial charge in [0.2, 0.25) is 5.91 Å². The van der Waals surface area contributed by atoms with E-state index in [0.29, 0.717) is 11.4 Å². The number of anilines is 1. The monoisotopic (exact) mass is 369 g/mol. The second-order valence-electron chi connectivity index (χ2n) is 5.78. The maximum atomic E-state index is 12.4. The van der Waals surface area contributed by atoms with Crippen molar-refractivity contribution in [3.63, 3.8) is 0 Å². The molecule has 0 atom stereocenters. The smallest absolute Gasteiger partial charge is 0.270 e. The van der Waals surface area contributed by atoms with Gasteiger partial charge in [-0.25, -0.2) is 0 Å². The molecule has 1 N–H and O–H groups in total. The van der Waals surface area contributed by atoms with Crippen LogP contribution in [0.1, 0.15) is 27.1 Å². The fourth-order valence-electron chi connectivity index (χ4n) is 2.71. The predicted octanol–water partition coefficient (Wildman–Crippen LogP) is 2.23. The van der Waals surface area contributed by atoms with Crippen molar-refractivity contribution in [3.05, 3.63) is 63.7 Å². The third kappa shape index (κ3) is 3.61. The summed E-state index contributed by atoms with van der Waals surface area (Å²) in [6.45, 7) is -0.123. The second kappa shape index (κ2) is 7.24. The molecule has 0 aromatic heterocycles. The fourth-order valence-corrected chi connectivity index (χ4v) is 2.71. The third-order valence-corrected chi connectivity index (χ3v) is 4.10. The van der Waals surface area contributed by atoms with Crippen molar-refractivity contribution in [3.8, 4) is 5.75 Å². The molecule has 9 nitrogen and oxygen atoms in total. The van der Waals surface area contributed by atoms with Gasteiger partial charge in [-0.3, -0.25) is 29.4 Å². The van der Waals surface area contributed by atoms with E-state index in [2.05, 4.69) is 5.32 Å². The maximum absolute atomic E-state index is 12.4. The minimum atomic E-state index is -0.643. The molecule has 1 aliphatic heterocycles. The van der Waals surface area contributed by atoms with Gasteiger partial charge in [-0.1, -0.05) is 0 Å². The molecule has 3 amide bonds. The van der Waals surface area contributed by atoms with Crippen molar-refractivity contribution < 1.29 is 24.0 Å². The molecule has 0 spiro atoms. The molecular formula is C18H15N3O6. The molecule has 138 valence electrons. The van der Waals surface area contributed by atoms with Gasteiger partial charge in [0, 0.05) is 30.8 Å². The molecular weight excluding hydrogens is 354 g/mol. The third-order valence-electron chi connectivity index (χ3n) is 4.10. The number of rotatable bonds is 6. The minimum Gasteiger partial charge on any atom is -0.497 e. The first-order valence-electron chi connectivity index (χ1n) is 7.99. The van der Waals surface area contributed by atoms with Crippen LogP contribution in [-0.2, 0) is 4.79 Å². The highest BCUT2D eigenvalue weighted by Crippen LogP contribution is 2.27. The van der Waals surface area contributed by atoms with Gasteiger partial charge in [0.1, 0.15) is 5.75 Å². The summed E-state index contributed by atoms with van der Waals surface area (Å²) in [6.07, 6.45) is -0.0976. The highest BCUT2D eigenvalue weighted by Gasteiger charge is 2.36. The van der Waals surface area contributed by atoms with Crippen LogP contribution in [0.2, 0.25) is 0 Å². The summed E-state index contributed by atoms with van der Waals surface area (Å²) < 4.78 is 5.03. The van der Waals surface area contributed by atoms with Crippen molar-refractivity contribution in [1.29, 1.82) is 0 Å². The Morgan fingerprint density at radius 2 is 1.78 bits per heavy atom. The highest BCUT2D eigenvalue weighted by atomic mass is 16.6. The van der Waals surface area contributed by atoms with Gasteiger partial charge < -0.3 is 10.1 Å². The molecule has 0 unspecified atom stereocenters. The number of amides is 3. The first-order chi connectivity index (χ1) is 12.9. The minimum absolute atomic E-state index is 0.0234. The number of carbonyl (C=O) groups is 3. The Balaban J connectivity index is 1.64. The Morgan fingerprint density at radius 1 is 1.11 bits per heavy atom. The lowest BCUT2D eigenvalue weighted by atomic mass is 10.1. The number of carbonyl (C=O) groups excluding carboxylic acids is 3. The van der Waals surface area contributed by atoms with Gasteiger partial charge in [-0.05, 0) is 30.3 Å². The molecule has 0 radical (unpaired) electrons. The number of nitrogens with one attached hydrogen (secondary N) is 1. The van der Waals surface area contributed by atoms with Crippen LogP contribution in [0.25, 0.3) is 0 Å². The highest BCUT2D eigenvalue weighted by molar-refractivity contribution is 6.21. The van der Waals surface area contributed by atoms with Crippen LogP contribution in [-0.4, -0.2) is 41.2 Å². The quantitative estimate of drug-likeness (QED) is 0.474. The number of nitrogens with zero attached hydrogens (tertiary/aromatic N) is 2. The lowest BCUT2D eigenvalue weighted by molar-refractivity contribution is -0.384. The average Bonchev–Trinajstić information content (AvgIpc) is 2.90. The van der Waals surface area contributed by atoms with Crippen LogP contribution in [0, 0.1) is 10.1 Å². The van der Waals surface area contributed by atoms with Gasteiger partial charge in [-0.15, -0.1) is 0 Å². The van der Waals surface area contributed by atoms with Crippen molar-refractivity contribution in [2.45, 2.75) is 6.42 Å². The Kier molecular flexibility index (Phi) is 4.84. The first kappa shape index (κ1) is 18.1. The molecule has 0 saturated heterocycles. The molecule has 0 bridgehead atoms. The second-order valence-corrected chi connectivity index (χ2v) is 5.78. The Hall–Kier alpha value is -3.75. The standard InChI is InChI=1S/C18H15N3O6/c1-27-13-5-2-11(3-6-13)19-16(22)8-9-20-17(23)14-7-4-12(21(25)26)10-15(14)18(20)24/h2-7,10H,8-9H2,1H3,(H,19,22). The normalized spacial score (nSPS) is 12.7. The van der Waals surface area contributed by atoms with E-state index in [1.165, 1.54) is 19.2 Å². The summed E-state index contributed by atoms with van der Waals surface area (Å²) in [4.78, 5) is 47.9. The summed E-state index contributed by atoms with van der Waals surface area (Å²) in [5.41, 5.74) is 0.360. The summed E-state index contributed by atoms with van der Waals surface area (Å²) in [5.74, 6) is -0.936. The molecule has 2 aromatic carbocycles. The topological polar surface area (TPSA) is 119 Å². The molecule has 2 aromatic rings. The number of imide groups is 1. The number of benzene rings is 2. The van der Waals surface area contributed by atoms with Crippen LogP contribution in [0.3, 0.4) is 0 Å². The number of nitro benzene ring substituents is 1. The fraction of sp³-hybridized carbons (Fsp3) is 0.167. The zero-order chi connectivity index (χ0) is 19.6. The van der Waals surface area contributed by atoms with Gasteiger partial charge in [0.05, 0.1) is 23.2 Å². The Bertz CT molecular complexity index is 939. The largest absolute Gasteiger partial charge is 0.497 e. The summed E-state index contributed by atoms with van der Waals surface area (Å²) in [7, 11) is 1.53. The van der Waals surface area contributed by atoms with Gasteiger partial charge >= 0.3 is 0 Å². The zero-order valence-corrected chi connectivity index (χ0v) is 14.3. The van der Waals surface area contributed by atoms with Crippen LogP contribution in [0.15, 0.2) is 42.5 Å². The van der Waals surface area contributed by atoms with E-state index in [1.807, 2.05) is 0 Å². The Morgan fingerprint density at radius 3 is 2.41 bits per heavy atom. The van der Waals surface area contributed by atoms with Crippen LogP contribution >= 0.6 is 0 Å². The number of hydrogen-bond acceptors (Lipinski definition) is 6. The zero-order valence-electron chi connectivity index (χ0n) is 14.3. The number of nitro groups is 1. The SMILES string of the molecule is COc1ccc(NC(=O)CCN2C(=O)c3ccc([N+](=O)[O-])cc3C2=O)cc1. The number of methoxy groups -OCH3 is 1. The van der Waals surface area contributed by atoms with Crippen LogP contribution in [0.5, 0.6) is 5.75 Å². The molecule has 1 heterocycles. The van der Waals surface area contributed by atoms with E-state index in [0.717, 1.165) is 11.0 Å². The van der Waals surface area contributed by atoms with E-state index >= 15 is 0 Å². The van der Waals surface area contributed by atoms with Crippen molar-refractivity contribution >= 4 is 29.1 Å². The average molecular weight is 369 g/mol. The van der Waals surface area contributed by atoms with Crippen molar-refractivity contribution in [2.75, 3.05) is 19.0 Å². The number of non-ortho nitro benzene ring substituents is 1. The lowest BCUT2D eigenvalue weighted by Gasteiger charge is -2.13. The summed E-state index contributed by atoms with van der Waals surface area (Å²) in [6, 6.07) is 10.2. The number of fused-ring (bicyclic) bond motifs is 1. The number of hydrogen-bond donors (Lipinski definition) is 1. The van der Waals surface area contributed by atoms with Crippen molar-refractivity contribution in [2.24, 2.45) is 0 Å². The molecule has 0 aliphatic carbocycles. The first-order valence-corrected chi connectivity index (χ1v) is 7.99. The van der Waals surface area contributed by atoms with Crippen molar-refractivity contribution in [1.82, 2.24) is 4.90 Å². The molecule has 0 fully saturated rings. The Labute approximate surface area is 153 Å². The van der Waals surface area contributed by atoms with E-state index < -0.39 is 16.7 Å². The predicted molar refractivity (Wildman–Crippen MR) is 94.7 cm³/mol. The van der Waals surface area contributed by atoms with Gasteiger partial charge in [0.25, 0.3) is 17.5 Å². The van der Waals surface area contributed by atoms with Gasteiger partial charge in [-0.2, -0.15) is 0 Å². The lowest BCUT2D eigenvalue weighted by Crippen LogP contribution is -2.32. The molecule has 3 rings (SSSR count). The van der Waals surface area contributed by atoms with E-state index in [9.17, 15) is 24.5 Å². The molecule has 0 saturated carbocycles. The summed E-state index contributed by atoms with van der Waals surface area (Å²) in [5, 5.41) is 13.5. The van der Waals surface area contributed by atoms with Crippen LogP contribution in [0.4, 0.5) is 11.4 Å². The summed E-state index contributed by atoms with van der Waals surface area (Å²) >= 11 is 0. The number of ether oxygens (including phenoxy) is 1. The van der Waals surface area contributed by atoms with E-state index in [-0.39, 0.29) is 35.7 Å². The van der Waals surface area contributed by atoms with Crippen LogP contribution < -0.4 is 10.1 Å². The molecule has 27 heavy (non-hydrogen) atoms. The maximum Gasteiger partial charge on any atom is 0.270 e. The van der Waals surface area contributed by atoms with E-state index in [4.69, 9.17) is 4.74 Å². The molecule has 1 aliphatic rings.